The number of nitrogens with zero attached hydrogens (tertiary/aromatic N) is 2. The van der Waals surface area contributed by atoms with E-state index in [1.54, 1.807) is 0 Å². The van der Waals surface area contributed by atoms with Crippen LogP contribution >= 0.6 is 24.0 Å². The van der Waals surface area contributed by atoms with Crippen LogP contribution < -0.4 is 20.9 Å². The lowest BCUT2D eigenvalue weighted by atomic mass is 10.2. The van der Waals surface area contributed by atoms with Crippen LogP contribution in [0.5, 0.6) is 0 Å². The van der Waals surface area contributed by atoms with Crippen molar-refractivity contribution in [3.05, 3.63) is 29.8 Å². The van der Waals surface area contributed by atoms with E-state index < -0.39 is 0 Å². The Balaban J connectivity index is 0.00000225. The van der Waals surface area contributed by atoms with Gasteiger partial charge in [-0.1, -0.05) is 19.1 Å². The number of hydrogen-bond donors (Lipinski definition) is 3. The molecule has 1 amide bonds. The quantitative estimate of drug-likeness (QED) is 0.358. The number of guanidine groups is 1. The fourth-order valence-corrected chi connectivity index (χ4v) is 2.86. The first kappa shape index (κ1) is 19.8. The summed E-state index contributed by atoms with van der Waals surface area (Å²) in [6, 6.07) is 8.90. The Kier molecular flexibility index (Phi) is 7.34. The molecular formula is C18H28IN5O. The van der Waals surface area contributed by atoms with Crippen LogP contribution in [0.15, 0.2) is 29.3 Å². The molecule has 7 heteroatoms. The van der Waals surface area contributed by atoms with Gasteiger partial charge in [-0.2, -0.15) is 0 Å². The third-order valence-corrected chi connectivity index (χ3v) is 4.54. The van der Waals surface area contributed by atoms with Crippen LogP contribution in [0.25, 0.3) is 0 Å². The first-order valence-corrected chi connectivity index (χ1v) is 8.81. The molecule has 1 aromatic rings. The maximum atomic E-state index is 11.5. The third kappa shape index (κ3) is 5.76. The molecule has 3 rings (SSSR count). The van der Waals surface area contributed by atoms with Gasteiger partial charge in [0.15, 0.2) is 5.96 Å². The third-order valence-electron chi connectivity index (χ3n) is 4.54. The highest BCUT2D eigenvalue weighted by atomic mass is 127. The molecule has 1 saturated carbocycles. The molecule has 0 bridgehead atoms. The molecule has 2 unspecified atom stereocenters. The second-order valence-corrected chi connectivity index (χ2v) is 6.60. The van der Waals surface area contributed by atoms with Crippen molar-refractivity contribution in [1.82, 2.24) is 16.0 Å². The molecule has 1 aliphatic heterocycles. The van der Waals surface area contributed by atoms with Crippen LogP contribution in [0, 0.1) is 5.92 Å². The predicted octanol–water partition coefficient (Wildman–Crippen LogP) is 1.70. The van der Waals surface area contributed by atoms with E-state index in [1.165, 1.54) is 12.0 Å². The number of hydrogen-bond acceptors (Lipinski definition) is 3. The Morgan fingerprint density at radius 1 is 1.36 bits per heavy atom. The van der Waals surface area contributed by atoms with Gasteiger partial charge < -0.3 is 20.9 Å². The average molecular weight is 457 g/mol. The summed E-state index contributed by atoms with van der Waals surface area (Å²) in [5.74, 6) is 1.73. The summed E-state index contributed by atoms with van der Waals surface area (Å²) < 4.78 is 0. The van der Waals surface area contributed by atoms with Crippen molar-refractivity contribution in [2.45, 2.75) is 32.9 Å². The van der Waals surface area contributed by atoms with E-state index in [1.807, 2.05) is 0 Å². The van der Waals surface area contributed by atoms with Gasteiger partial charge in [-0.25, -0.2) is 4.99 Å². The lowest BCUT2D eigenvalue weighted by Gasteiger charge is -2.28. The molecule has 3 N–H and O–H groups in total. The van der Waals surface area contributed by atoms with Gasteiger partial charge in [0, 0.05) is 31.4 Å². The summed E-state index contributed by atoms with van der Waals surface area (Å²) in [5.41, 5.74) is 2.26. The summed E-state index contributed by atoms with van der Waals surface area (Å²) in [6.45, 7) is 7.85. The van der Waals surface area contributed by atoms with Gasteiger partial charge in [-0.05, 0) is 37.0 Å². The number of carbonyl (C=O) groups is 1. The second-order valence-electron chi connectivity index (χ2n) is 6.60. The highest BCUT2D eigenvalue weighted by Crippen LogP contribution is 2.28. The maximum absolute atomic E-state index is 11.5. The summed E-state index contributed by atoms with van der Waals surface area (Å²) in [7, 11) is 0. The number of anilines is 1. The SMILES string of the molecule is CCNC(=NCc1ccc(N2CCNC(=O)C2)cc1)NC1CC1C.I. The van der Waals surface area contributed by atoms with E-state index in [9.17, 15) is 4.79 Å². The van der Waals surface area contributed by atoms with Crippen LogP contribution in [0.4, 0.5) is 5.69 Å². The van der Waals surface area contributed by atoms with Gasteiger partial charge in [0.2, 0.25) is 5.91 Å². The molecule has 1 aliphatic carbocycles. The molecule has 0 spiro atoms. The van der Waals surface area contributed by atoms with Crippen LogP contribution in [0.3, 0.4) is 0 Å². The van der Waals surface area contributed by atoms with Crippen molar-refractivity contribution in [2.75, 3.05) is 31.1 Å². The average Bonchev–Trinajstić information content (AvgIpc) is 3.28. The number of rotatable bonds is 5. The zero-order valence-electron chi connectivity index (χ0n) is 14.9. The zero-order valence-corrected chi connectivity index (χ0v) is 17.2. The number of halogens is 1. The van der Waals surface area contributed by atoms with Gasteiger partial charge in [-0.15, -0.1) is 24.0 Å². The van der Waals surface area contributed by atoms with Crippen molar-refractivity contribution in [3.63, 3.8) is 0 Å². The molecule has 25 heavy (non-hydrogen) atoms. The smallest absolute Gasteiger partial charge is 0.239 e. The van der Waals surface area contributed by atoms with Crippen LogP contribution in [0.1, 0.15) is 25.8 Å². The molecule has 138 valence electrons. The fraction of sp³-hybridized carbons (Fsp3) is 0.556. The van der Waals surface area contributed by atoms with Crippen LogP contribution in [0.2, 0.25) is 0 Å². The number of amides is 1. The van der Waals surface area contributed by atoms with Gasteiger partial charge in [0.1, 0.15) is 0 Å². The topological polar surface area (TPSA) is 68.8 Å². The molecule has 2 aliphatic rings. The number of piperazine rings is 1. The molecule has 1 aromatic carbocycles. The molecule has 0 radical (unpaired) electrons. The maximum Gasteiger partial charge on any atom is 0.239 e. The fourth-order valence-electron chi connectivity index (χ4n) is 2.86. The number of aliphatic imine (C=N–C) groups is 1. The van der Waals surface area contributed by atoms with E-state index in [0.717, 1.165) is 30.7 Å². The minimum atomic E-state index is 0. The normalized spacial score (nSPS) is 22.7. The Labute approximate surface area is 166 Å². The predicted molar refractivity (Wildman–Crippen MR) is 113 cm³/mol. The lowest BCUT2D eigenvalue weighted by molar-refractivity contribution is -0.120. The summed E-state index contributed by atoms with van der Waals surface area (Å²) >= 11 is 0. The Hall–Kier alpha value is -1.51. The van der Waals surface area contributed by atoms with E-state index in [4.69, 9.17) is 0 Å². The molecule has 1 heterocycles. The van der Waals surface area contributed by atoms with Crippen molar-refractivity contribution in [3.8, 4) is 0 Å². The molecule has 6 nitrogen and oxygen atoms in total. The van der Waals surface area contributed by atoms with Gasteiger partial charge in [-0.3, -0.25) is 4.79 Å². The summed E-state index contributed by atoms with van der Waals surface area (Å²) in [4.78, 5) is 18.3. The highest BCUT2D eigenvalue weighted by molar-refractivity contribution is 14.0. The first-order valence-electron chi connectivity index (χ1n) is 8.81. The summed E-state index contributed by atoms with van der Waals surface area (Å²) in [5, 5.41) is 9.61. The Morgan fingerprint density at radius 2 is 2.08 bits per heavy atom. The van der Waals surface area contributed by atoms with Gasteiger partial charge in [0.05, 0.1) is 13.1 Å². The molecule has 1 saturated heterocycles. The van der Waals surface area contributed by atoms with E-state index >= 15 is 0 Å². The minimum Gasteiger partial charge on any atom is -0.360 e. The summed E-state index contributed by atoms with van der Waals surface area (Å²) in [6.07, 6.45) is 1.22. The standard InChI is InChI=1S/C18H27N5O.HI/c1-3-19-18(22-16-10-13(16)2)21-11-14-4-6-15(7-5-14)23-9-8-20-17(24)12-23;/h4-7,13,16H,3,8-12H2,1-2H3,(H,20,24)(H2,19,21,22);1H. The lowest BCUT2D eigenvalue weighted by Crippen LogP contribution is -2.47. The minimum absolute atomic E-state index is 0. The monoisotopic (exact) mass is 457 g/mol. The number of carbonyl (C=O) groups excluding carboxylic acids is 1. The second kappa shape index (κ2) is 9.26. The highest BCUT2D eigenvalue weighted by Gasteiger charge is 2.33. The Bertz CT molecular complexity index is 604. The molecule has 0 aromatic heterocycles. The molecular weight excluding hydrogens is 429 g/mol. The van der Waals surface area contributed by atoms with E-state index in [2.05, 4.69) is 64.0 Å². The van der Waals surface area contributed by atoms with E-state index in [0.29, 0.717) is 25.7 Å². The van der Waals surface area contributed by atoms with Crippen molar-refractivity contribution < 1.29 is 4.79 Å². The van der Waals surface area contributed by atoms with E-state index in [-0.39, 0.29) is 29.9 Å². The first-order chi connectivity index (χ1) is 11.7. The van der Waals surface area contributed by atoms with Crippen molar-refractivity contribution in [2.24, 2.45) is 10.9 Å². The number of nitrogens with one attached hydrogen (secondary N) is 3. The zero-order chi connectivity index (χ0) is 16.9. The molecule has 2 fully saturated rings. The van der Waals surface area contributed by atoms with Gasteiger partial charge in [0.25, 0.3) is 0 Å². The van der Waals surface area contributed by atoms with Gasteiger partial charge >= 0.3 is 0 Å². The van der Waals surface area contributed by atoms with Crippen molar-refractivity contribution in [1.29, 1.82) is 0 Å². The number of benzene rings is 1. The molecule has 2 atom stereocenters. The Morgan fingerprint density at radius 3 is 2.68 bits per heavy atom. The van der Waals surface area contributed by atoms with Crippen LogP contribution in [-0.4, -0.2) is 44.1 Å². The van der Waals surface area contributed by atoms with Crippen molar-refractivity contribution >= 4 is 41.5 Å². The largest absolute Gasteiger partial charge is 0.360 e. The van der Waals surface area contributed by atoms with Crippen LogP contribution in [-0.2, 0) is 11.3 Å².